The number of ether oxygens (including phenoxy) is 1. The highest BCUT2D eigenvalue weighted by Crippen LogP contribution is 1.98. The Morgan fingerprint density at radius 2 is 1.83 bits per heavy atom. The summed E-state index contributed by atoms with van der Waals surface area (Å²) >= 11 is 0. The molecule has 0 spiro atoms. The van der Waals surface area contributed by atoms with E-state index in [4.69, 9.17) is 15.6 Å². The van der Waals surface area contributed by atoms with E-state index in [9.17, 15) is 14.4 Å². The molecular weight excluding hydrogens is 240 g/mol. The van der Waals surface area contributed by atoms with E-state index in [2.05, 4.69) is 5.32 Å². The molecule has 0 saturated heterocycles. The van der Waals surface area contributed by atoms with E-state index in [0.29, 0.717) is 0 Å². The first-order chi connectivity index (χ1) is 8.23. The average molecular weight is 260 g/mol. The highest BCUT2D eigenvalue weighted by atomic mass is 16.5. The highest BCUT2D eigenvalue weighted by molar-refractivity contribution is 5.87. The molecule has 1 amide bonds. The van der Waals surface area contributed by atoms with Gasteiger partial charge in [-0.3, -0.25) is 9.59 Å². The zero-order valence-corrected chi connectivity index (χ0v) is 10.8. The fourth-order valence-corrected chi connectivity index (χ4v) is 1.12. The SMILES string of the molecule is CC(C)OC(=O)[C@H](C)NC(=O)[C@@H](N)CCC(=O)O. The van der Waals surface area contributed by atoms with Crippen LogP contribution in [0.3, 0.4) is 0 Å². The summed E-state index contributed by atoms with van der Waals surface area (Å²) in [6.45, 7) is 4.88. The van der Waals surface area contributed by atoms with Crippen LogP contribution >= 0.6 is 0 Å². The minimum absolute atomic E-state index is 0.0209. The Kier molecular flexibility index (Phi) is 6.96. The minimum Gasteiger partial charge on any atom is -0.481 e. The molecule has 4 N–H and O–H groups in total. The van der Waals surface area contributed by atoms with Gasteiger partial charge in [0.1, 0.15) is 6.04 Å². The van der Waals surface area contributed by atoms with Crippen LogP contribution < -0.4 is 11.1 Å². The van der Waals surface area contributed by atoms with Crippen LogP contribution in [0.25, 0.3) is 0 Å². The number of nitrogens with two attached hydrogens (primary N) is 1. The second-order valence-corrected chi connectivity index (χ2v) is 4.25. The number of esters is 1. The Labute approximate surface area is 106 Å². The van der Waals surface area contributed by atoms with Crippen LogP contribution in [-0.4, -0.2) is 41.1 Å². The summed E-state index contributed by atoms with van der Waals surface area (Å²) in [5.74, 6) is -2.14. The van der Waals surface area contributed by atoms with Crippen molar-refractivity contribution >= 4 is 17.8 Å². The molecule has 0 radical (unpaired) electrons. The van der Waals surface area contributed by atoms with Crippen molar-refractivity contribution in [3.05, 3.63) is 0 Å². The number of rotatable bonds is 7. The molecule has 0 aliphatic heterocycles. The predicted octanol–water partition coefficient (Wildman–Crippen LogP) is -0.365. The van der Waals surface area contributed by atoms with Gasteiger partial charge in [0.15, 0.2) is 0 Å². The third-order valence-corrected chi connectivity index (χ3v) is 2.07. The Morgan fingerprint density at radius 3 is 2.28 bits per heavy atom. The molecular formula is C11H20N2O5. The van der Waals surface area contributed by atoms with E-state index >= 15 is 0 Å². The van der Waals surface area contributed by atoms with Gasteiger partial charge in [-0.1, -0.05) is 0 Å². The molecule has 0 fully saturated rings. The van der Waals surface area contributed by atoms with Crippen molar-refractivity contribution in [1.82, 2.24) is 5.32 Å². The molecule has 7 heteroatoms. The molecule has 0 aromatic rings. The average Bonchev–Trinajstić information content (AvgIpc) is 2.24. The first kappa shape index (κ1) is 16.4. The monoisotopic (exact) mass is 260 g/mol. The molecule has 0 aliphatic carbocycles. The zero-order chi connectivity index (χ0) is 14.3. The molecule has 0 aliphatic rings. The van der Waals surface area contributed by atoms with Gasteiger partial charge >= 0.3 is 11.9 Å². The molecule has 0 aromatic heterocycles. The Balaban J connectivity index is 4.13. The van der Waals surface area contributed by atoms with E-state index in [1.54, 1.807) is 13.8 Å². The summed E-state index contributed by atoms with van der Waals surface area (Å²) in [4.78, 5) is 33.2. The van der Waals surface area contributed by atoms with Crippen LogP contribution in [0.1, 0.15) is 33.6 Å². The fourth-order valence-electron chi connectivity index (χ4n) is 1.12. The van der Waals surface area contributed by atoms with Crippen molar-refractivity contribution in [2.45, 2.75) is 51.8 Å². The third-order valence-electron chi connectivity index (χ3n) is 2.07. The lowest BCUT2D eigenvalue weighted by molar-refractivity contribution is -0.151. The van der Waals surface area contributed by atoms with Gasteiger partial charge < -0.3 is 20.9 Å². The van der Waals surface area contributed by atoms with Crippen molar-refractivity contribution in [2.24, 2.45) is 5.73 Å². The van der Waals surface area contributed by atoms with Gasteiger partial charge in [-0.25, -0.2) is 4.79 Å². The summed E-state index contributed by atoms with van der Waals surface area (Å²) in [6, 6.07) is -1.76. The largest absolute Gasteiger partial charge is 0.481 e. The number of carbonyl (C=O) groups excluding carboxylic acids is 2. The molecule has 0 bridgehead atoms. The molecule has 0 unspecified atom stereocenters. The molecule has 104 valence electrons. The van der Waals surface area contributed by atoms with Crippen molar-refractivity contribution in [3.63, 3.8) is 0 Å². The maximum Gasteiger partial charge on any atom is 0.328 e. The fraction of sp³-hybridized carbons (Fsp3) is 0.727. The first-order valence-electron chi connectivity index (χ1n) is 5.72. The topological polar surface area (TPSA) is 119 Å². The Hall–Kier alpha value is -1.63. The summed E-state index contributed by atoms with van der Waals surface area (Å²) in [5, 5.41) is 10.8. The maximum atomic E-state index is 11.5. The van der Waals surface area contributed by atoms with Gasteiger partial charge in [0, 0.05) is 6.42 Å². The molecule has 18 heavy (non-hydrogen) atoms. The molecule has 2 atom stereocenters. The quantitative estimate of drug-likeness (QED) is 0.538. The summed E-state index contributed by atoms with van der Waals surface area (Å²) in [6.07, 6.45) is -0.440. The Bertz CT molecular complexity index is 317. The number of carboxylic acids is 1. The molecule has 0 rings (SSSR count). The van der Waals surface area contributed by atoms with Crippen LogP contribution in [0.15, 0.2) is 0 Å². The molecule has 0 aromatic carbocycles. The number of nitrogens with one attached hydrogen (secondary N) is 1. The number of hydrogen-bond donors (Lipinski definition) is 3. The molecule has 0 saturated carbocycles. The van der Waals surface area contributed by atoms with Crippen LogP contribution in [-0.2, 0) is 19.1 Å². The van der Waals surface area contributed by atoms with Gasteiger partial charge in [0.2, 0.25) is 5.91 Å². The van der Waals surface area contributed by atoms with E-state index in [0.717, 1.165) is 0 Å². The Morgan fingerprint density at radius 1 is 1.28 bits per heavy atom. The number of aliphatic carboxylic acids is 1. The lowest BCUT2D eigenvalue weighted by atomic mass is 10.1. The van der Waals surface area contributed by atoms with Crippen molar-refractivity contribution in [1.29, 1.82) is 0 Å². The normalized spacial score (nSPS) is 13.8. The van der Waals surface area contributed by atoms with Crippen molar-refractivity contribution < 1.29 is 24.2 Å². The second kappa shape index (κ2) is 7.65. The first-order valence-corrected chi connectivity index (χ1v) is 5.72. The molecule has 0 heterocycles. The summed E-state index contributed by atoms with van der Waals surface area (Å²) in [5.41, 5.74) is 5.49. The predicted molar refractivity (Wildman–Crippen MR) is 63.7 cm³/mol. The van der Waals surface area contributed by atoms with Crippen LogP contribution in [0.4, 0.5) is 0 Å². The van der Waals surface area contributed by atoms with Gasteiger partial charge in [-0.05, 0) is 27.2 Å². The van der Waals surface area contributed by atoms with Crippen molar-refractivity contribution in [3.8, 4) is 0 Å². The number of amides is 1. The van der Waals surface area contributed by atoms with E-state index in [1.165, 1.54) is 6.92 Å². The number of hydrogen-bond acceptors (Lipinski definition) is 5. The van der Waals surface area contributed by atoms with Gasteiger partial charge in [0.25, 0.3) is 0 Å². The highest BCUT2D eigenvalue weighted by Gasteiger charge is 2.21. The lowest BCUT2D eigenvalue weighted by Crippen LogP contribution is -2.48. The van der Waals surface area contributed by atoms with E-state index in [1.807, 2.05) is 0 Å². The lowest BCUT2D eigenvalue weighted by Gasteiger charge is -2.17. The number of carboxylic acid groups (broad SMARTS) is 1. The van der Waals surface area contributed by atoms with Gasteiger partial charge in [-0.2, -0.15) is 0 Å². The summed E-state index contributed by atoms with van der Waals surface area (Å²) < 4.78 is 4.90. The summed E-state index contributed by atoms with van der Waals surface area (Å²) in [7, 11) is 0. The smallest absolute Gasteiger partial charge is 0.328 e. The standard InChI is InChI=1S/C11H20N2O5/c1-6(2)18-11(17)7(3)13-10(16)8(12)4-5-9(14)15/h6-8H,4-5,12H2,1-3H3,(H,13,16)(H,14,15)/t7-,8-/m0/s1. The van der Waals surface area contributed by atoms with E-state index < -0.39 is 29.9 Å². The van der Waals surface area contributed by atoms with E-state index in [-0.39, 0.29) is 18.9 Å². The minimum atomic E-state index is -1.02. The molecule has 7 nitrogen and oxygen atoms in total. The third kappa shape index (κ3) is 6.85. The van der Waals surface area contributed by atoms with Crippen LogP contribution in [0, 0.1) is 0 Å². The van der Waals surface area contributed by atoms with Crippen LogP contribution in [0.2, 0.25) is 0 Å². The zero-order valence-electron chi connectivity index (χ0n) is 10.8. The number of carbonyl (C=O) groups is 3. The second-order valence-electron chi connectivity index (χ2n) is 4.25. The maximum absolute atomic E-state index is 11.5. The van der Waals surface area contributed by atoms with Gasteiger partial charge in [0.05, 0.1) is 12.1 Å². The van der Waals surface area contributed by atoms with Crippen molar-refractivity contribution in [2.75, 3.05) is 0 Å². The van der Waals surface area contributed by atoms with Gasteiger partial charge in [-0.15, -0.1) is 0 Å². The van der Waals surface area contributed by atoms with Crippen LogP contribution in [0.5, 0.6) is 0 Å².